The summed E-state index contributed by atoms with van der Waals surface area (Å²) >= 11 is 0. The van der Waals surface area contributed by atoms with Crippen molar-refractivity contribution >= 4 is 45.3 Å². The Bertz CT molecular complexity index is 2620. The fraction of sp³-hybridized carbons (Fsp3) is 0.267. The molecule has 4 heterocycles. The molecule has 4 fully saturated rings. The van der Waals surface area contributed by atoms with Crippen LogP contribution in [-0.2, 0) is 0 Å². The Morgan fingerprint density at radius 3 is 1.53 bits per heavy atom. The van der Waals surface area contributed by atoms with Gasteiger partial charge in [-0.2, -0.15) is 25.6 Å². The molecule has 13 nitrogen and oxygen atoms in total. The van der Waals surface area contributed by atoms with Crippen LogP contribution >= 0.6 is 0 Å². The normalized spacial score (nSPS) is 16.3. The minimum absolute atomic E-state index is 0.136. The summed E-state index contributed by atoms with van der Waals surface area (Å²) in [5, 5.41) is 26.3. The van der Waals surface area contributed by atoms with Gasteiger partial charge in [-0.05, 0) is 148 Å². The quantitative estimate of drug-likeness (QED) is 0.108. The number of hydrogen-bond acceptors (Lipinski definition) is 7. The van der Waals surface area contributed by atoms with Gasteiger partial charge in [0.1, 0.15) is 11.0 Å². The van der Waals surface area contributed by atoms with Gasteiger partial charge < -0.3 is 15.6 Å². The van der Waals surface area contributed by atoms with Crippen molar-refractivity contribution in [3.8, 4) is 11.4 Å². The van der Waals surface area contributed by atoms with Crippen LogP contribution in [0.5, 0.6) is 0 Å². The van der Waals surface area contributed by atoms with Gasteiger partial charge in [0.15, 0.2) is 0 Å². The average Bonchev–Trinajstić information content (AvgIpc) is 4.11. The maximum atomic E-state index is 12.6. The van der Waals surface area contributed by atoms with E-state index in [-0.39, 0.29) is 11.8 Å². The first-order chi connectivity index (χ1) is 28.5. The number of carbonyl (C=O) groups is 2. The van der Waals surface area contributed by atoms with E-state index >= 15 is 0 Å². The molecule has 12 rings (SSSR count). The van der Waals surface area contributed by atoms with Gasteiger partial charge >= 0.3 is 0 Å². The van der Waals surface area contributed by atoms with Crippen LogP contribution in [0.4, 0.5) is 11.4 Å². The molecular formula is C45H41N11O2. The van der Waals surface area contributed by atoms with Gasteiger partial charge in [-0.25, -0.2) is 14.3 Å². The van der Waals surface area contributed by atoms with Gasteiger partial charge in [0, 0.05) is 57.6 Å². The van der Waals surface area contributed by atoms with Crippen molar-refractivity contribution in [3.63, 3.8) is 0 Å². The fourth-order valence-electron chi connectivity index (χ4n) is 7.58. The second-order valence-electron chi connectivity index (χ2n) is 16.1. The number of hydrogen-bond donors (Lipinski definition) is 4. The highest BCUT2D eigenvalue weighted by Gasteiger charge is 2.34. The summed E-state index contributed by atoms with van der Waals surface area (Å²) in [4.78, 5) is 32.4. The predicted octanol–water partition coefficient (Wildman–Crippen LogP) is 8.91. The van der Waals surface area contributed by atoms with Crippen LogP contribution in [0, 0.1) is 0 Å². The van der Waals surface area contributed by atoms with Crippen LogP contribution in [0.3, 0.4) is 0 Å². The monoisotopic (exact) mass is 767 g/mol. The summed E-state index contributed by atoms with van der Waals surface area (Å²) in [6, 6.07) is 31.2. The third-order valence-electron chi connectivity index (χ3n) is 11.5. The first-order valence-electron chi connectivity index (χ1n) is 20.3. The second-order valence-corrected chi connectivity index (χ2v) is 16.1. The smallest absolute Gasteiger partial charge is 0.255 e. The lowest BCUT2D eigenvalue weighted by molar-refractivity contribution is 0.101. The number of nitrogens with one attached hydrogen (secondary N) is 4. The van der Waals surface area contributed by atoms with Crippen molar-refractivity contribution in [2.75, 3.05) is 10.6 Å². The van der Waals surface area contributed by atoms with E-state index in [0.717, 1.165) is 39.3 Å². The molecular weight excluding hydrogens is 727 g/mol. The highest BCUT2D eigenvalue weighted by atomic mass is 16.2. The number of nitrogens with zero attached hydrogens (tertiary/aromatic N) is 7. The van der Waals surface area contributed by atoms with Crippen LogP contribution in [-0.4, -0.2) is 56.8 Å². The van der Waals surface area contributed by atoms with Gasteiger partial charge in [-0.15, -0.1) is 0 Å². The van der Waals surface area contributed by atoms with E-state index in [2.05, 4.69) is 57.5 Å². The van der Waals surface area contributed by atoms with Crippen LogP contribution in [0.25, 0.3) is 33.4 Å². The van der Waals surface area contributed by atoms with E-state index < -0.39 is 0 Å². The van der Waals surface area contributed by atoms with Crippen molar-refractivity contribution in [3.05, 3.63) is 137 Å². The standard InChI is InChI=1S/C23H21N5O.C22H20N6O/c29-23(16-5-10-19-21(11-16)25-13-24-19)26-17-6-8-18(9-7-17)28-22(15-3-4-15)12-20(27-28)14-1-2-14;29-22(15-5-10-18-20(11-15)25-27-24-18)23-16-6-8-17(9-7-16)28-21(14-3-4-14)12-19(26-28)13-1-2-13/h5-15H,1-4H2,(H,24,25)(H,26,29);5-14H,1-4H2,(H,23,29)(H,24,25,27). The number of anilines is 2. The molecule has 0 unspecified atom stereocenters. The number of aromatic amines is 2. The molecule has 4 aromatic heterocycles. The average molecular weight is 768 g/mol. The third kappa shape index (κ3) is 7.04. The van der Waals surface area contributed by atoms with Crippen molar-refractivity contribution in [2.45, 2.75) is 75.0 Å². The molecule has 288 valence electrons. The van der Waals surface area contributed by atoms with Crippen molar-refractivity contribution in [1.82, 2.24) is 44.9 Å². The molecule has 0 aliphatic heterocycles. The molecule has 0 radical (unpaired) electrons. The number of benzene rings is 4. The number of carbonyl (C=O) groups excluding carboxylic acids is 2. The summed E-state index contributed by atoms with van der Waals surface area (Å²) in [5.41, 5.74) is 13.0. The first-order valence-corrected chi connectivity index (χ1v) is 20.3. The number of fused-ring (bicyclic) bond motifs is 2. The molecule has 4 saturated carbocycles. The second kappa shape index (κ2) is 13.9. The summed E-state index contributed by atoms with van der Waals surface area (Å²) in [6.45, 7) is 0. The summed E-state index contributed by atoms with van der Waals surface area (Å²) in [7, 11) is 0. The Morgan fingerprint density at radius 1 is 0.534 bits per heavy atom. The van der Waals surface area contributed by atoms with Gasteiger partial charge in [0.25, 0.3) is 11.8 Å². The Kier molecular flexibility index (Phi) is 8.26. The summed E-state index contributed by atoms with van der Waals surface area (Å²) in [5.74, 6) is 2.28. The number of amides is 2. The van der Waals surface area contributed by atoms with Gasteiger partial charge in [0.2, 0.25) is 0 Å². The Hall–Kier alpha value is -6.89. The number of imidazole rings is 1. The third-order valence-corrected chi connectivity index (χ3v) is 11.5. The predicted molar refractivity (Wildman–Crippen MR) is 221 cm³/mol. The Labute approximate surface area is 333 Å². The zero-order valence-corrected chi connectivity index (χ0v) is 31.7. The minimum Gasteiger partial charge on any atom is -0.345 e. The number of H-pyrrole nitrogens is 2. The Balaban J connectivity index is 0.000000133. The topological polar surface area (TPSA) is 164 Å². The molecule has 4 aliphatic carbocycles. The highest BCUT2D eigenvalue weighted by molar-refractivity contribution is 6.06. The molecule has 58 heavy (non-hydrogen) atoms. The number of rotatable bonds is 10. The zero-order chi connectivity index (χ0) is 38.7. The maximum Gasteiger partial charge on any atom is 0.255 e. The fourth-order valence-corrected chi connectivity index (χ4v) is 7.58. The Morgan fingerprint density at radius 2 is 1.02 bits per heavy atom. The van der Waals surface area contributed by atoms with Crippen LogP contribution in [0.15, 0.2) is 103 Å². The van der Waals surface area contributed by atoms with Crippen LogP contribution in [0.1, 0.15) is 119 Å². The summed E-state index contributed by atoms with van der Waals surface area (Å²) in [6.07, 6.45) is 11.7. The zero-order valence-electron chi connectivity index (χ0n) is 31.7. The first kappa shape index (κ1) is 34.4. The lowest BCUT2D eigenvalue weighted by atomic mass is 10.2. The van der Waals surface area contributed by atoms with Crippen molar-refractivity contribution in [1.29, 1.82) is 0 Å². The van der Waals surface area contributed by atoms with E-state index in [1.54, 1.807) is 30.6 Å². The van der Waals surface area contributed by atoms with E-state index in [1.807, 2.05) is 60.7 Å². The molecule has 0 bridgehead atoms. The van der Waals surface area contributed by atoms with Crippen LogP contribution in [0.2, 0.25) is 0 Å². The van der Waals surface area contributed by atoms with E-state index in [9.17, 15) is 9.59 Å². The lowest BCUT2D eigenvalue weighted by Crippen LogP contribution is -2.12. The summed E-state index contributed by atoms with van der Waals surface area (Å²) < 4.78 is 4.19. The maximum absolute atomic E-state index is 12.6. The van der Waals surface area contributed by atoms with Crippen LogP contribution < -0.4 is 10.6 Å². The molecule has 0 spiro atoms. The lowest BCUT2D eigenvalue weighted by Gasteiger charge is -2.09. The molecule has 8 aromatic rings. The van der Waals surface area contributed by atoms with E-state index in [4.69, 9.17) is 10.2 Å². The van der Waals surface area contributed by atoms with E-state index in [1.165, 1.54) is 74.1 Å². The van der Waals surface area contributed by atoms with Gasteiger partial charge in [0.05, 0.1) is 40.1 Å². The molecule has 4 N–H and O–H groups in total. The molecule has 4 aromatic carbocycles. The molecule has 0 saturated heterocycles. The van der Waals surface area contributed by atoms with Gasteiger partial charge in [-0.1, -0.05) is 0 Å². The molecule has 4 aliphatic rings. The van der Waals surface area contributed by atoms with Gasteiger partial charge in [-0.3, -0.25) is 9.59 Å². The molecule has 13 heteroatoms. The number of aromatic nitrogens is 9. The largest absolute Gasteiger partial charge is 0.345 e. The van der Waals surface area contributed by atoms with E-state index in [0.29, 0.717) is 40.3 Å². The SMILES string of the molecule is O=C(Nc1ccc(-n2nc(C3CC3)cc2C2CC2)cc1)c1ccc2n[nH]nc2c1.O=C(Nc1ccc(-n2nc(C3CC3)cc2C2CC2)cc1)c1ccc2nc[nH]c2c1. The molecule has 2 amide bonds. The minimum atomic E-state index is -0.170. The molecule has 0 atom stereocenters. The highest BCUT2D eigenvalue weighted by Crippen LogP contribution is 2.46. The van der Waals surface area contributed by atoms with Crippen molar-refractivity contribution < 1.29 is 9.59 Å². The van der Waals surface area contributed by atoms with Crippen molar-refractivity contribution in [2.24, 2.45) is 0 Å².